The highest BCUT2D eigenvalue weighted by molar-refractivity contribution is 7.89. The van der Waals surface area contributed by atoms with Gasteiger partial charge in [0.25, 0.3) is 0 Å². The van der Waals surface area contributed by atoms with Crippen LogP contribution in [0, 0.1) is 6.92 Å². The second-order valence-electron chi connectivity index (χ2n) is 7.01. The number of hydrogen-bond donors (Lipinski definition) is 2. The van der Waals surface area contributed by atoms with Crippen LogP contribution in [0.1, 0.15) is 29.3 Å². The molecule has 0 saturated carbocycles. The number of phenolic OH excluding ortho intramolecular Hbond substituents is 1. The van der Waals surface area contributed by atoms with Gasteiger partial charge in [0.15, 0.2) is 0 Å². The third-order valence-electron chi connectivity index (χ3n) is 5.17. The Balaban J connectivity index is 1.77. The Hall–Kier alpha value is -3.17. The average molecular weight is 411 g/mol. The van der Waals surface area contributed by atoms with E-state index >= 15 is 0 Å². The van der Waals surface area contributed by atoms with Crippen molar-refractivity contribution < 1.29 is 13.5 Å². The highest BCUT2D eigenvalue weighted by atomic mass is 32.2. The van der Waals surface area contributed by atoms with Crippen LogP contribution in [0.2, 0.25) is 0 Å². The number of benzene rings is 2. The number of nitrogens with zero attached hydrogens (tertiary/aromatic N) is 4. The lowest BCUT2D eigenvalue weighted by molar-refractivity contribution is 0.475. The van der Waals surface area contributed by atoms with E-state index in [2.05, 4.69) is 5.10 Å². The molecule has 29 heavy (non-hydrogen) atoms. The summed E-state index contributed by atoms with van der Waals surface area (Å²) in [7, 11) is -1.87. The normalized spacial score (nSPS) is 16.9. The summed E-state index contributed by atoms with van der Waals surface area (Å²) in [5.74, 6) is 0.197. The first-order valence-corrected chi connectivity index (χ1v) is 10.6. The van der Waals surface area contributed by atoms with Crippen molar-refractivity contribution in [3.8, 4) is 5.75 Å². The minimum absolute atomic E-state index is 0.0530. The fraction of sp³-hybridized carbons (Fsp3) is 0.200. The fourth-order valence-corrected chi connectivity index (χ4v) is 3.97. The molecule has 1 aliphatic heterocycles. The van der Waals surface area contributed by atoms with Gasteiger partial charge >= 0.3 is 0 Å². The summed E-state index contributed by atoms with van der Waals surface area (Å²) in [5.41, 5.74) is 4.61. The van der Waals surface area contributed by atoms with Crippen molar-refractivity contribution in [2.75, 3.05) is 5.01 Å². The van der Waals surface area contributed by atoms with Crippen LogP contribution in [0.4, 0.5) is 5.69 Å². The lowest BCUT2D eigenvalue weighted by Crippen LogP contribution is -2.19. The van der Waals surface area contributed by atoms with Crippen molar-refractivity contribution in [1.29, 1.82) is 0 Å². The van der Waals surface area contributed by atoms with Gasteiger partial charge < -0.3 is 5.11 Å². The summed E-state index contributed by atoms with van der Waals surface area (Å²) in [6.45, 7) is 2.00. The van der Waals surface area contributed by atoms with Crippen LogP contribution in [-0.2, 0) is 17.1 Å². The van der Waals surface area contributed by atoms with Crippen molar-refractivity contribution >= 4 is 21.4 Å². The van der Waals surface area contributed by atoms with E-state index in [9.17, 15) is 13.5 Å². The van der Waals surface area contributed by atoms with E-state index in [4.69, 9.17) is 10.2 Å². The summed E-state index contributed by atoms with van der Waals surface area (Å²) in [6.07, 6.45) is 2.48. The van der Waals surface area contributed by atoms with E-state index in [0.717, 1.165) is 28.2 Å². The number of primary sulfonamides is 1. The predicted octanol–water partition coefficient (Wildman–Crippen LogP) is 2.44. The number of hydrazone groups is 1. The Morgan fingerprint density at radius 2 is 1.76 bits per heavy atom. The van der Waals surface area contributed by atoms with Crippen LogP contribution in [0.25, 0.3) is 0 Å². The molecule has 150 valence electrons. The van der Waals surface area contributed by atoms with E-state index in [1.165, 1.54) is 12.1 Å². The van der Waals surface area contributed by atoms with Gasteiger partial charge in [0, 0.05) is 24.7 Å². The van der Waals surface area contributed by atoms with Crippen molar-refractivity contribution in [3.05, 3.63) is 71.5 Å². The van der Waals surface area contributed by atoms with Gasteiger partial charge in [0.1, 0.15) is 5.75 Å². The van der Waals surface area contributed by atoms with E-state index in [0.29, 0.717) is 6.42 Å². The SMILES string of the molecule is Cc1c([C@H]2CC(c3ccc(O)cc3)=NN2c2ccc(S(N)(=O)=O)cc2)cnn1C. The van der Waals surface area contributed by atoms with Crippen LogP contribution in [0.3, 0.4) is 0 Å². The molecule has 0 spiro atoms. The number of phenols is 1. The molecule has 0 saturated heterocycles. The van der Waals surface area contributed by atoms with E-state index in [1.54, 1.807) is 24.3 Å². The van der Waals surface area contributed by atoms with Gasteiger partial charge in [-0.1, -0.05) is 0 Å². The summed E-state index contributed by atoms with van der Waals surface area (Å²) < 4.78 is 25.0. The number of sulfonamides is 1. The lowest BCUT2D eigenvalue weighted by Gasteiger charge is -2.23. The zero-order chi connectivity index (χ0) is 20.8. The van der Waals surface area contributed by atoms with Gasteiger partial charge in [0.05, 0.1) is 28.5 Å². The molecular weight excluding hydrogens is 390 g/mol. The van der Waals surface area contributed by atoms with Crippen molar-refractivity contribution in [1.82, 2.24) is 9.78 Å². The number of nitrogens with two attached hydrogens (primary N) is 1. The molecular formula is C20H21N5O3S. The van der Waals surface area contributed by atoms with Crippen LogP contribution in [0.15, 0.2) is 64.7 Å². The average Bonchev–Trinajstić information content (AvgIpc) is 3.26. The molecule has 0 fully saturated rings. The first-order chi connectivity index (χ1) is 13.7. The number of rotatable bonds is 4. The zero-order valence-corrected chi connectivity index (χ0v) is 16.8. The van der Waals surface area contributed by atoms with Crippen LogP contribution in [-0.4, -0.2) is 29.0 Å². The smallest absolute Gasteiger partial charge is 0.238 e. The minimum atomic E-state index is -3.76. The van der Waals surface area contributed by atoms with Crippen molar-refractivity contribution in [3.63, 3.8) is 0 Å². The zero-order valence-electron chi connectivity index (χ0n) is 16.0. The Morgan fingerprint density at radius 3 is 2.31 bits per heavy atom. The molecule has 2 heterocycles. The topological polar surface area (TPSA) is 114 Å². The first-order valence-electron chi connectivity index (χ1n) is 9.01. The fourth-order valence-electron chi connectivity index (χ4n) is 3.45. The van der Waals surface area contributed by atoms with Gasteiger partial charge in [-0.25, -0.2) is 13.6 Å². The van der Waals surface area contributed by atoms with Crippen LogP contribution < -0.4 is 10.1 Å². The maximum atomic E-state index is 11.6. The van der Waals surface area contributed by atoms with E-state index in [1.807, 2.05) is 42.0 Å². The Bertz CT molecular complexity index is 1180. The van der Waals surface area contributed by atoms with Gasteiger partial charge in [-0.15, -0.1) is 0 Å². The highest BCUT2D eigenvalue weighted by Gasteiger charge is 2.32. The summed E-state index contributed by atoms with van der Waals surface area (Å²) in [4.78, 5) is 0.0530. The second kappa shape index (κ2) is 7.02. The number of anilines is 1. The Labute approximate surface area is 168 Å². The summed E-state index contributed by atoms with van der Waals surface area (Å²) in [5, 5.41) is 25.8. The monoisotopic (exact) mass is 411 g/mol. The molecule has 9 heteroatoms. The number of hydrogen-bond acceptors (Lipinski definition) is 6. The third-order valence-corrected chi connectivity index (χ3v) is 6.10. The number of aromatic hydroxyl groups is 1. The minimum Gasteiger partial charge on any atom is -0.508 e. The van der Waals surface area contributed by atoms with Crippen LogP contribution >= 0.6 is 0 Å². The maximum absolute atomic E-state index is 11.6. The lowest BCUT2D eigenvalue weighted by atomic mass is 9.98. The summed E-state index contributed by atoms with van der Waals surface area (Å²) in [6, 6.07) is 13.2. The van der Waals surface area contributed by atoms with E-state index < -0.39 is 10.0 Å². The molecule has 3 N–H and O–H groups in total. The molecule has 1 aromatic heterocycles. The van der Waals surface area contributed by atoms with Gasteiger partial charge in [-0.3, -0.25) is 9.69 Å². The number of aromatic nitrogens is 2. The van der Waals surface area contributed by atoms with Crippen molar-refractivity contribution in [2.45, 2.75) is 24.3 Å². The Kier molecular flexibility index (Phi) is 4.64. The highest BCUT2D eigenvalue weighted by Crippen LogP contribution is 2.38. The van der Waals surface area contributed by atoms with Gasteiger partial charge in [-0.2, -0.15) is 10.2 Å². The van der Waals surface area contributed by atoms with E-state index in [-0.39, 0.29) is 16.7 Å². The molecule has 1 atom stereocenters. The van der Waals surface area contributed by atoms with Gasteiger partial charge in [0.2, 0.25) is 10.0 Å². The molecule has 0 aliphatic carbocycles. The second-order valence-corrected chi connectivity index (χ2v) is 8.57. The Morgan fingerprint density at radius 1 is 1.10 bits per heavy atom. The standard InChI is InChI=1S/C20H21N5O3S/c1-13-18(12-22-24(13)2)20-11-19(14-3-7-16(26)8-4-14)23-25(20)15-5-9-17(10-6-15)29(21,27)28/h3-10,12,20,26H,11H2,1-2H3,(H2,21,27,28)/t20-/m1/s1. The predicted molar refractivity (Wildman–Crippen MR) is 110 cm³/mol. The molecule has 8 nitrogen and oxygen atoms in total. The quantitative estimate of drug-likeness (QED) is 0.684. The van der Waals surface area contributed by atoms with Crippen LogP contribution in [0.5, 0.6) is 5.75 Å². The largest absolute Gasteiger partial charge is 0.508 e. The van der Waals surface area contributed by atoms with Crippen molar-refractivity contribution in [2.24, 2.45) is 17.3 Å². The third kappa shape index (κ3) is 3.62. The molecule has 1 aliphatic rings. The molecule has 0 radical (unpaired) electrons. The number of aryl methyl sites for hydroxylation is 1. The molecule has 3 aromatic rings. The summed E-state index contributed by atoms with van der Waals surface area (Å²) >= 11 is 0. The first kappa shape index (κ1) is 19.2. The van der Waals surface area contributed by atoms with Gasteiger partial charge in [-0.05, 0) is 61.0 Å². The molecule has 2 aromatic carbocycles. The molecule has 4 rings (SSSR count). The molecule has 0 bridgehead atoms. The maximum Gasteiger partial charge on any atom is 0.238 e. The molecule has 0 amide bonds. The molecule has 0 unspecified atom stereocenters.